The summed E-state index contributed by atoms with van der Waals surface area (Å²) in [5.74, 6) is 2.98. The second kappa shape index (κ2) is 30.9. The molecule has 10 nitrogen and oxygen atoms in total. The molecule has 0 bridgehead atoms. The number of hydrogen-bond donors (Lipinski definition) is 1. The van der Waals surface area contributed by atoms with Gasteiger partial charge in [-0.2, -0.15) is 23.5 Å². The van der Waals surface area contributed by atoms with E-state index in [2.05, 4.69) is 37.1 Å². The number of unbranched alkanes of at least 4 members (excludes halogenated alkanes) is 1. The number of carboxylic acid groups (broad SMARTS) is 1. The minimum absolute atomic E-state index is 0.116. The van der Waals surface area contributed by atoms with Crippen LogP contribution in [0.5, 0.6) is 0 Å². The lowest BCUT2D eigenvalue weighted by atomic mass is 10.2. The van der Waals surface area contributed by atoms with Crippen LogP contribution in [0, 0.1) is 11.8 Å². The van der Waals surface area contributed by atoms with Gasteiger partial charge in [0, 0.05) is 50.5 Å². The van der Waals surface area contributed by atoms with Gasteiger partial charge in [-0.3, -0.25) is 14.4 Å². The van der Waals surface area contributed by atoms with E-state index >= 15 is 0 Å². The molecule has 264 valence electrons. The zero-order valence-electron chi connectivity index (χ0n) is 29.1. The summed E-state index contributed by atoms with van der Waals surface area (Å²) >= 11 is 3.51. The van der Waals surface area contributed by atoms with E-state index in [1.54, 1.807) is 18.7 Å². The monoisotopic (exact) mass is 678 g/mol. The minimum atomic E-state index is -0.785. The molecule has 12 heteroatoms. The van der Waals surface area contributed by atoms with Gasteiger partial charge < -0.3 is 33.9 Å². The van der Waals surface area contributed by atoms with Crippen LogP contribution in [0.2, 0.25) is 0 Å². The molecule has 0 aromatic carbocycles. The van der Waals surface area contributed by atoms with Crippen LogP contribution >= 0.6 is 23.5 Å². The molecule has 0 aliphatic carbocycles. The zero-order chi connectivity index (χ0) is 34.5. The molecule has 1 N–H and O–H groups in total. The lowest BCUT2D eigenvalue weighted by Gasteiger charge is -2.22. The number of hydrogen-bond acceptors (Lipinski definition) is 11. The highest BCUT2D eigenvalue weighted by Gasteiger charge is 2.14. The van der Waals surface area contributed by atoms with Crippen molar-refractivity contribution in [1.82, 2.24) is 9.80 Å². The van der Waals surface area contributed by atoms with Crippen LogP contribution in [0.3, 0.4) is 0 Å². The number of aliphatic carboxylic acids is 1. The van der Waals surface area contributed by atoms with E-state index in [1.165, 1.54) is 6.42 Å². The van der Waals surface area contributed by atoms with Crippen LogP contribution in [-0.4, -0.2) is 122 Å². The summed E-state index contributed by atoms with van der Waals surface area (Å²) < 4.78 is 15.8. The number of Topliss-reactive ketones (excluding diaryl/α,β-unsaturated/α-hetero) is 1. The third-order valence-electron chi connectivity index (χ3n) is 6.33. The Balaban J connectivity index is 0. The number of ether oxygens (including phenoxy) is 3. The maximum Gasteiger partial charge on any atom is 0.309 e. The van der Waals surface area contributed by atoms with Crippen molar-refractivity contribution in [2.75, 3.05) is 83.1 Å². The highest BCUT2D eigenvalue weighted by atomic mass is 32.2. The van der Waals surface area contributed by atoms with Gasteiger partial charge >= 0.3 is 17.9 Å². The number of thioether (sulfide) groups is 2. The lowest BCUT2D eigenvalue weighted by molar-refractivity contribution is -0.148. The molecule has 45 heavy (non-hydrogen) atoms. The Morgan fingerprint density at radius 2 is 1.49 bits per heavy atom. The second-order valence-corrected chi connectivity index (χ2v) is 13.6. The third-order valence-corrected chi connectivity index (χ3v) is 8.54. The number of carboxylic acids is 1. The van der Waals surface area contributed by atoms with Gasteiger partial charge in [-0.25, -0.2) is 0 Å². The average molecular weight is 679 g/mol. The predicted molar refractivity (Wildman–Crippen MR) is 187 cm³/mol. The Morgan fingerprint density at radius 3 is 2.09 bits per heavy atom. The lowest BCUT2D eigenvalue weighted by Crippen LogP contribution is -2.30. The highest BCUT2D eigenvalue weighted by Crippen LogP contribution is 2.10. The molecule has 0 saturated heterocycles. The van der Waals surface area contributed by atoms with E-state index in [0.29, 0.717) is 57.1 Å². The molecule has 0 aliphatic rings. The van der Waals surface area contributed by atoms with Crippen LogP contribution in [0.15, 0.2) is 12.3 Å². The van der Waals surface area contributed by atoms with Crippen molar-refractivity contribution < 1.29 is 38.5 Å². The molecule has 0 aromatic heterocycles. The Bertz CT molecular complexity index is 814. The molecule has 0 amide bonds. The molecule has 1 unspecified atom stereocenters. The number of nitrogens with zero attached hydrogens (tertiary/aromatic N) is 2. The topological polar surface area (TPSA) is 123 Å². The first-order valence-electron chi connectivity index (χ1n) is 16.1. The number of carbonyl (C=O) groups excluding carboxylic acids is 3. The SMILES string of the molecule is C=C(CCN(CCSCC(C)C)CCC(=O)O)OCCOC(=O)C(C)CSC.CCCCN(C)CCC(=O)OCCCC(C)=O. The van der Waals surface area contributed by atoms with Crippen LogP contribution < -0.4 is 0 Å². The van der Waals surface area contributed by atoms with Crippen molar-refractivity contribution in [1.29, 1.82) is 0 Å². The van der Waals surface area contributed by atoms with E-state index in [0.717, 1.165) is 43.3 Å². The van der Waals surface area contributed by atoms with Crippen LogP contribution in [0.25, 0.3) is 0 Å². The fourth-order valence-corrected chi connectivity index (χ4v) is 5.31. The molecule has 0 aliphatic heterocycles. The van der Waals surface area contributed by atoms with Crippen molar-refractivity contribution >= 4 is 47.2 Å². The standard InChI is InChI=1S/C20H37NO5S2.C13H25NO3/c1-16(2)14-28-13-10-21(9-7-19(22)23)8-6-18(4)25-11-12-26-20(24)17(3)15-27-5;1-4-5-9-14(3)10-8-13(16)17-11-6-7-12(2)15/h16-17H,4,6-15H2,1-3,5H3,(H,22,23);4-11H2,1-3H3. The molecule has 0 heterocycles. The Kier molecular flexibility index (Phi) is 31.1. The molecule has 0 radical (unpaired) electrons. The van der Waals surface area contributed by atoms with Crippen molar-refractivity contribution in [2.45, 2.75) is 79.6 Å². The van der Waals surface area contributed by atoms with Crippen LogP contribution in [-0.2, 0) is 33.4 Å². The maximum absolute atomic E-state index is 11.7. The smallest absolute Gasteiger partial charge is 0.309 e. The molecule has 0 saturated carbocycles. The third kappa shape index (κ3) is 33.4. The van der Waals surface area contributed by atoms with E-state index < -0.39 is 5.97 Å². The fourth-order valence-electron chi connectivity index (χ4n) is 3.65. The van der Waals surface area contributed by atoms with E-state index in [9.17, 15) is 19.2 Å². The Labute approximate surface area is 281 Å². The van der Waals surface area contributed by atoms with Crippen molar-refractivity contribution in [3.63, 3.8) is 0 Å². The van der Waals surface area contributed by atoms with Crippen molar-refractivity contribution in [3.8, 4) is 0 Å². The first-order valence-corrected chi connectivity index (χ1v) is 18.7. The summed E-state index contributed by atoms with van der Waals surface area (Å²) in [6.45, 7) is 18.5. The predicted octanol–water partition coefficient (Wildman–Crippen LogP) is 5.64. The van der Waals surface area contributed by atoms with Gasteiger partial charge in [-0.1, -0.05) is 40.7 Å². The summed E-state index contributed by atoms with van der Waals surface area (Å²) in [6.07, 6.45) is 6.60. The van der Waals surface area contributed by atoms with Gasteiger partial charge in [0.15, 0.2) is 0 Å². The Hall–Kier alpha value is -1.76. The van der Waals surface area contributed by atoms with Gasteiger partial charge in [-0.05, 0) is 51.3 Å². The van der Waals surface area contributed by atoms with Crippen LogP contribution in [0.4, 0.5) is 0 Å². The quantitative estimate of drug-likeness (QED) is 0.0626. The van der Waals surface area contributed by atoms with E-state index in [1.807, 2.05) is 32.0 Å². The summed E-state index contributed by atoms with van der Waals surface area (Å²) in [5, 5.41) is 8.93. The normalized spacial score (nSPS) is 11.6. The van der Waals surface area contributed by atoms with E-state index in [-0.39, 0.29) is 43.3 Å². The molecule has 0 spiro atoms. The van der Waals surface area contributed by atoms with Gasteiger partial charge in [-0.15, -0.1) is 0 Å². The number of esters is 2. The molecular weight excluding hydrogens is 617 g/mol. The fraction of sp³-hybridized carbons (Fsp3) is 0.818. The van der Waals surface area contributed by atoms with Crippen LogP contribution in [0.1, 0.15) is 79.6 Å². The van der Waals surface area contributed by atoms with Gasteiger partial charge in [0.25, 0.3) is 0 Å². The van der Waals surface area contributed by atoms with E-state index in [4.69, 9.17) is 19.3 Å². The number of rotatable bonds is 28. The van der Waals surface area contributed by atoms with Crippen molar-refractivity contribution in [3.05, 3.63) is 12.3 Å². The average Bonchev–Trinajstić information content (AvgIpc) is 2.98. The largest absolute Gasteiger partial charge is 0.495 e. The maximum atomic E-state index is 11.7. The molecule has 1 atom stereocenters. The van der Waals surface area contributed by atoms with Crippen molar-refractivity contribution in [2.24, 2.45) is 11.8 Å². The van der Waals surface area contributed by atoms with Gasteiger partial charge in [0.2, 0.25) is 0 Å². The number of ketones is 1. The molecule has 0 aromatic rings. The van der Waals surface area contributed by atoms with Gasteiger partial charge in [0.05, 0.1) is 31.1 Å². The first kappa shape index (κ1) is 45.4. The van der Waals surface area contributed by atoms with Gasteiger partial charge in [0.1, 0.15) is 19.0 Å². The first-order chi connectivity index (χ1) is 21.3. The highest BCUT2D eigenvalue weighted by molar-refractivity contribution is 7.99. The molecule has 0 fully saturated rings. The summed E-state index contributed by atoms with van der Waals surface area (Å²) in [6, 6.07) is 0. The Morgan fingerprint density at radius 1 is 0.822 bits per heavy atom. The zero-order valence-corrected chi connectivity index (χ0v) is 30.7. The summed E-state index contributed by atoms with van der Waals surface area (Å²) in [7, 11) is 2.01. The molecular formula is C33H62N2O8S2. The summed E-state index contributed by atoms with van der Waals surface area (Å²) in [5.41, 5.74) is 0. The minimum Gasteiger partial charge on any atom is -0.495 e. The molecule has 0 rings (SSSR count). The number of carbonyl (C=O) groups is 4. The second-order valence-electron chi connectivity index (χ2n) is 11.5. The summed E-state index contributed by atoms with van der Waals surface area (Å²) in [4.78, 5) is 48.8.